The second-order valence-corrected chi connectivity index (χ2v) is 8.22. The highest BCUT2D eigenvalue weighted by atomic mass is 19.3. The fraction of sp³-hybridized carbons (Fsp3) is 0.192. The van der Waals surface area contributed by atoms with Gasteiger partial charge in [-0.15, -0.1) is 0 Å². The normalized spacial score (nSPS) is 19.8. The van der Waals surface area contributed by atoms with Crippen LogP contribution in [0.3, 0.4) is 0 Å². The van der Waals surface area contributed by atoms with Crippen LogP contribution in [0, 0.1) is 17.7 Å². The quantitative estimate of drug-likeness (QED) is 0.393. The van der Waals surface area contributed by atoms with E-state index in [1.54, 1.807) is 22.8 Å². The Morgan fingerprint density at radius 1 is 1.14 bits per heavy atom. The van der Waals surface area contributed by atoms with Gasteiger partial charge in [-0.05, 0) is 36.4 Å². The number of imidazole rings is 1. The third-order valence-electron chi connectivity index (χ3n) is 6.21. The number of pyridine rings is 1. The zero-order valence-corrected chi connectivity index (χ0v) is 17.9. The van der Waals surface area contributed by atoms with Crippen LogP contribution in [0.25, 0.3) is 11.0 Å². The number of fused-ring (bicyclic) bond motifs is 9. The van der Waals surface area contributed by atoms with Crippen LogP contribution in [-0.4, -0.2) is 38.9 Å². The van der Waals surface area contributed by atoms with Gasteiger partial charge in [0.05, 0.1) is 29.3 Å². The number of ether oxygens (including phenoxy) is 1. The Bertz CT molecular complexity index is 1680. The van der Waals surface area contributed by atoms with E-state index in [1.807, 2.05) is 0 Å². The van der Waals surface area contributed by atoms with Crippen LogP contribution in [0.2, 0.25) is 0 Å². The van der Waals surface area contributed by atoms with Crippen molar-refractivity contribution >= 4 is 16.9 Å². The van der Waals surface area contributed by atoms with Crippen molar-refractivity contribution in [1.82, 2.24) is 19.4 Å². The lowest BCUT2D eigenvalue weighted by molar-refractivity contribution is -0.0507. The molecule has 2 aliphatic rings. The van der Waals surface area contributed by atoms with Gasteiger partial charge in [-0.3, -0.25) is 9.78 Å². The minimum absolute atomic E-state index is 0.0196. The molecule has 0 N–H and O–H groups in total. The van der Waals surface area contributed by atoms with Crippen LogP contribution in [0.5, 0.6) is 5.75 Å². The lowest BCUT2D eigenvalue weighted by atomic mass is 9.97. The SMILES string of the molecule is [2H]C([2H])([2H])N1C(=O)c2cccc(OC(F)F)c2[C@H]2C[C@@H]1c1nc3ccc(C#Cc4cncc(F)c4)cc3n12. The number of alkyl halides is 2. The van der Waals surface area contributed by atoms with Crippen LogP contribution < -0.4 is 4.74 Å². The Hall–Kier alpha value is -4.32. The van der Waals surface area contributed by atoms with Crippen molar-refractivity contribution in [1.29, 1.82) is 0 Å². The molecule has 0 saturated carbocycles. The molecular formula is C26H17F3N4O2. The zero-order valence-electron chi connectivity index (χ0n) is 20.9. The van der Waals surface area contributed by atoms with Gasteiger partial charge in [-0.25, -0.2) is 9.37 Å². The van der Waals surface area contributed by atoms with E-state index in [0.29, 0.717) is 28.0 Å². The molecule has 2 aromatic heterocycles. The summed E-state index contributed by atoms with van der Waals surface area (Å²) in [5.41, 5.74) is 2.19. The summed E-state index contributed by atoms with van der Waals surface area (Å²) in [6.07, 6.45) is 2.62. The van der Waals surface area contributed by atoms with E-state index in [2.05, 4.69) is 21.8 Å². The molecule has 0 fully saturated rings. The van der Waals surface area contributed by atoms with Crippen molar-refractivity contribution in [2.45, 2.75) is 25.1 Å². The number of carbonyl (C=O) groups excluding carboxylic acids is 1. The first-order valence-corrected chi connectivity index (χ1v) is 10.7. The summed E-state index contributed by atoms with van der Waals surface area (Å²) >= 11 is 0. The summed E-state index contributed by atoms with van der Waals surface area (Å²) in [6, 6.07) is 8.91. The number of carbonyl (C=O) groups is 1. The molecule has 1 amide bonds. The Morgan fingerprint density at radius 3 is 2.80 bits per heavy atom. The highest BCUT2D eigenvalue weighted by molar-refractivity contribution is 5.97. The van der Waals surface area contributed by atoms with E-state index in [1.165, 1.54) is 30.5 Å². The third-order valence-corrected chi connectivity index (χ3v) is 6.21. The molecule has 4 aromatic rings. The second-order valence-electron chi connectivity index (χ2n) is 8.22. The van der Waals surface area contributed by atoms with Gasteiger partial charge in [0, 0.05) is 46.0 Å². The van der Waals surface area contributed by atoms with Crippen LogP contribution >= 0.6 is 0 Å². The number of hydrogen-bond acceptors (Lipinski definition) is 4. The average molecular weight is 477 g/mol. The van der Waals surface area contributed by atoms with Crippen molar-refractivity contribution in [2.75, 3.05) is 6.98 Å². The predicted molar refractivity (Wildman–Crippen MR) is 121 cm³/mol. The van der Waals surface area contributed by atoms with Gasteiger partial charge in [0.1, 0.15) is 17.4 Å². The number of benzene rings is 2. The topological polar surface area (TPSA) is 60.3 Å². The maximum absolute atomic E-state index is 13.5. The summed E-state index contributed by atoms with van der Waals surface area (Å²) < 4.78 is 70.9. The lowest BCUT2D eigenvalue weighted by Crippen LogP contribution is -2.30. The van der Waals surface area contributed by atoms with E-state index in [0.717, 1.165) is 11.1 Å². The van der Waals surface area contributed by atoms with Crippen molar-refractivity contribution in [3.8, 4) is 17.6 Å². The first kappa shape index (κ1) is 18.1. The molecule has 6 rings (SSSR count). The Balaban J connectivity index is 1.56. The lowest BCUT2D eigenvalue weighted by Gasteiger charge is -2.24. The number of hydrogen-bond donors (Lipinski definition) is 0. The minimum atomic E-state index is -3.14. The van der Waals surface area contributed by atoms with Crippen molar-refractivity contribution in [3.63, 3.8) is 0 Å². The van der Waals surface area contributed by atoms with Gasteiger partial charge in [0.2, 0.25) is 0 Å². The highest BCUT2D eigenvalue weighted by Crippen LogP contribution is 2.49. The standard InChI is InChI=1S/C26H17F3N4O2/c1-32-21-11-20(23-17(25(32)34)3-2-4-22(23)35-26(28)29)33-19-10-14(7-8-18(19)31-24(21)33)5-6-15-9-16(27)13-30-12-15/h2-4,7-10,12-13,20-21,26H,11H2,1H3/t20-,21-/m1/s1/i1D3. The number of amides is 1. The molecule has 6 nitrogen and oxygen atoms in total. The van der Waals surface area contributed by atoms with E-state index in [9.17, 15) is 18.0 Å². The molecule has 0 radical (unpaired) electrons. The summed E-state index contributed by atoms with van der Waals surface area (Å²) in [5, 5.41) is 0. The van der Waals surface area contributed by atoms with Crippen LogP contribution in [-0.2, 0) is 0 Å². The first-order chi connectivity index (χ1) is 18.1. The van der Waals surface area contributed by atoms with Crippen molar-refractivity contribution in [3.05, 3.63) is 88.8 Å². The fourth-order valence-electron chi connectivity index (χ4n) is 4.81. The molecule has 2 aromatic carbocycles. The molecule has 9 heteroatoms. The second kappa shape index (κ2) is 7.87. The van der Waals surface area contributed by atoms with Gasteiger partial charge >= 0.3 is 6.61 Å². The summed E-state index contributed by atoms with van der Waals surface area (Å²) in [4.78, 5) is 22.7. The molecule has 0 unspecified atom stereocenters. The van der Waals surface area contributed by atoms with Gasteiger partial charge in [-0.1, -0.05) is 17.9 Å². The van der Waals surface area contributed by atoms with Crippen LogP contribution in [0.1, 0.15) is 55.5 Å². The molecule has 0 spiro atoms. The largest absolute Gasteiger partial charge is 0.434 e. The number of rotatable bonds is 2. The van der Waals surface area contributed by atoms with Crippen LogP contribution in [0.4, 0.5) is 13.2 Å². The summed E-state index contributed by atoms with van der Waals surface area (Å²) in [5.74, 6) is 4.61. The molecule has 2 atom stereocenters. The van der Waals surface area contributed by atoms with Gasteiger partial charge in [-0.2, -0.15) is 8.78 Å². The molecule has 4 heterocycles. The number of aromatic nitrogens is 3. The van der Waals surface area contributed by atoms with E-state index in [4.69, 9.17) is 8.85 Å². The number of halogens is 3. The number of nitrogens with zero attached hydrogens (tertiary/aromatic N) is 4. The summed E-state index contributed by atoms with van der Waals surface area (Å²) in [7, 11) is 0. The Morgan fingerprint density at radius 2 is 2.00 bits per heavy atom. The first-order valence-electron chi connectivity index (χ1n) is 12.2. The van der Waals surface area contributed by atoms with E-state index < -0.39 is 37.4 Å². The van der Waals surface area contributed by atoms with Crippen LogP contribution in [0.15, 0.2) is 54.9 Å². The molecule has 0 saturated heterocycles. The summed E-state index contributed by atoms with van der Waals surface area (Å²) in [6.45, 7) is -5.95. The monoisotopic (exact) mass is 477 g/mol. The molecular weight excluding hydrogens is 457 g/mol. The zero-order chi connectivity index (χ0) is 26.8. The maximum atomic E-state index is 13.5. The fourth-order valence-corrected chi connectivity index (χ4v) is 4.81. The van der Waals surface area contributed by atoms with Crippen molar-refractivity contribution < 1.29 is 26.8 Å². The van der Waals surface area contributed by atoms with Gasteiger partial charge in [0.25, 0.3) is 5.91 Å². The molecule has 174 valence electrons. The molecule has 2 aliphatic heterocycles. The predicted octanol–water partition coefficient (Wildman–Crippen LogP) is 4.69. The molecule has 2 bridgehead atoms. The van der Waals surface area contributed by atoms with Gasteiger partial charge < -0.3 is 14.2 Å². The van der Waals surface area contributed by atoms with Crippen molar-refractivity contribution in [2.24, 2.45) is 0 Å². The average Bonchev–Trinajstić information content (AvgIpc) is 3.34. The maximum Gasteiger partial charge on any atom is 0.387 e. The van der Waals surface area contributed by atoms with E-state index >= 15 is 0 Å². The Labute approximate surface area is 202 Å². The third kappa shape index (κ3) is 3.41. The Kier molecular flexibility index (Phi) is 4.06. The minimum Gasteiger partial charge on any atom is -0.434 e. The highest BCUT2D eigenvalue weighted by Gasteiger charge is 2.44. The molecule has 35 heavy (non-hydrogen) atoms. The van der Waals surface area contributed by atoms with E-state index in [-0.39, 0.29) is 23.3 Å². The smallest absolute Gasteiger partial charge is 0.387 e. The van der Waals surface area contributed by atoms with Gasteiger partial charge in [0.15, 0.2) is 0 Å². The molecule has 0 aliphatic carbocycles.